The molecule has 1 aromatic carbocycles. The van der Waals surface area contributed by atoms with Crippen molar-refractivity contribution >= 4 is 22.8 Å². The van der Waals surface area contributed by atoms with E-state index in [1.54, 1.807) is 34.1 Å². The summed E-state index contributed by atoms with van der Waals surface area (Å²) in [7, 11) is 3.18. The summed E-state index contributed by atoms with van der Waals surface area (Å²) in [5.41, 5.74) is -0.931. The molecule has 0 spiro atoms. The predicted molar refractivity (Wildman–Crippen MR) is 131 cm³/mol. The van der Waals surface area contributed by atoms with Crippen LogP contribution in [0.2, 0.25) is 0 Å². The zero-order chi connectivity index (χ0) is 26.6. The van der Waals surface area contributed by atoms with Crippen LogP contribution >= 0.6 is 0 Å². The number of carbonyl (C=O) groups is 1. The topological polar surface area (TPSA) is 89.3 Å². The molecule has 2 aliphatic rings. The van der Waals surface area contributed by atoms with E-state index in [0.29, 0.717) is 35.4 Å². The van der Waals surface area contributed by atoms with E-state index in [9.17, 15) is 22.8 Å². The number of hydrogen-bond acceptors (Lipinski definition) is 6. The number of piperidine rings is 1. The zero-order valence-corrected chi connectivity index (χ0v) is 21.0. The molecule has 2 bridgehead atoms. The van der Waals surface area contributed by atoms with Gasteiger partial charge in [-0.1, -0.05) is 18.2 Å². The Morgan fingerprint density at radius 1 is 1.27 bits per heavy atom. The molecule has 196 valence electrons. The number of nitrogens with one attached hydrogen (secondary N) is 1. The van der Waals surface area contributed by atoms with E-state index in [1.807, 2.05) is 4.90 Å². The minimum atomic E-state index is -2.94. The first-order valence-corrected chi connectivity index (χ1v) is 12.1. The molecule has 1 unspecified atom stereocenters. The van der Waals surface area contributed by atoms with Gasteiger partial charge in [0.1, 0.15) is 29.2 Å². The van der Waals surface area contributed by atoms with E-state index in [-0.39, 0.29) is 29.0 Å². The van der Waals surface area contributed by atoms with E-state index in [0.717, 1.165) is 12.5 Å². The van der Waals surface area contributed by atoms with Gasteiger partial charge in [-0.05, 0) is 19.4 Å². The number of rotatable bonds is 6. The molecule has 1 N–H and O–H groups in total. The molecule has 4 atom stereocenters. The van der Waals surface area contributed by atoms with Crippen LogP contribution in [-0.2, 0) is 22.2 Å². The van der Waals surface area contributed by atoms with Crippen LogP contribution in [0.3, 0.4) is 0 Å². The summed E-state index contributed by atoms with van der Waals surface area (Å²) in [5, 5.41) is 3.63. The molecule has 8 nitrogen and oxygen atoms in total. The van der Waals surface area contributed by atoms with Crippen molar-refractivity contribution < 1.29 is 22.7 Å². The molecule has 1 aliphatic carbocycles. The van der Waals surface area contributed by atoms with E-state index in [4.69, 9.17) is 4.74 Å². The lowest BCUT2D eigenvalue weighted by atomic mass is 9.82. The van der Waals surface area contributed by atoms with Crippen LogP contribution in [-0.4, -0.2) is 45.0 Å². The quantitative estimate of drug-likeness (QED) is 0.533. The minimum Gasteiger partial charge on any atom is -0.373 e. The number of pyridine rings is 1. The van der Waals surface area contributed by atoms with Gasteiger partial charge in [0.2, 0.25) is 5.91 Å². The molecule has 11 heteroatoms. The van der Waals surface area contributed by atoms with Crippen molar-refractivity contribution in [2.24, 2.45) is 13.0 Å². The summed E-state index contributed by atoms with van der Waals surface area (Å²) in [5.74, 6) is -0.696. The average molecular weight is 516 g/mol. The number of aromatic nitrogens is 3. The van der Waals surface area contributed by atoms with Crippen LogP contribution in [0.4, 0.5) is 19.0 Å². The van der Waals surface area contributed by atoms with E-state index >= 15 is 0 Å². The molecule has 1 amide bonds. The second-order valence-corrected chi connectivity index (χ2v) is 9.85. The molecule has 3 heterocycles. The number of carbonyl (C=O) groups excluding carboxylic acids is 1. The average Bonchev–Trinajstić information content (AvgIpc) is 3.45. The first-order chi connectivity index (χ1) is 17.6. The lowest BCUT2D eigenvalue weighted by Crippen LogP contribution is -2.49. The van der Waals surface area contributed by atoms with Gasteiger partial charge < -0.3 is 15.0 Å². The Morgan fingerprint density at radius 2 is 2.00 bits per heavy atom. The number of nitrogens with zero attached hydrogens (tertiary/aromatic N) is 4. The van der Waals surface area contributed by atoms with Gasteiger partial charge in [-0.15, -0.1) is 0 Å². The highest BCUT2D eigenvalue weighted by atomic mass is 19.3. The summed E-state index contributed by atoms with van der Waals surface area (Å²) in [4.78, 5) is 36.0. The number of benzene rings is 1. The third kappa shape index (κ3) is 3.87. The number of likely N-dealkylation sites (tertiary alicyclic amines) is 1. The molecule has 5 rings (SSSR count). The van der Waals surface area contributed by atoms with Gasteiger partial charge in [-0.2, -0.15) is 0 Å². The molecule has 2 aromatic heterocycles. The van der Waals surface area contributed by atoms with Crippen molar-refractivity contribution in [3.8, 4) is 0 Å². The first kappa shape index (κ1) is 25.2. The third-order valence-corrected chi connectivity index (χ3v) is 7.96. The molecule has 37 heavy (non-hydrogen) atoms. The Hall–Kier alpha value is -3.47. The van der Waals surface area contributed by atoms with Gasteiger partial charge >= 0.3 is 0 Å². The molecule has 0 radical (unpaired) electrons. The van der Waals surface area contributed by atoms with Crippen molar-refractivity contribution in [1.29, 1.82) is 0 Å². The molecule has 1 saturated carbocycles. The maximum atomic E-state index is 14.8. The maximum absolute atomic E-state index is 14.8. The number of aryl methyl sites for hydroxylation is 1. The van der Waals surface area contributed by atoms with Gasteiger partial charge in [0.15, 0.2) is 0 Å². The Kier molecular flexibility index (Phi) is 6.21. The summed E-state index contributed by atoms with van der Waals surface area (Å²) in [6, 6.07) is 4.88. The Morgan fingerprint density at radius 3 is 2.62 bits per heavy atom. The SMILES string of the molecule is COC1(c2cc3c(N[C@H](C)c4cccc(C(F)F)c4F)ncnc3n(C)c2=O)C[C@@H]2C[C@H]1CN2C(C)=O. The molecule has 2 fully saturated rings. The monoisotopic (exact) mass is 515 g/mol. The van der Waals surface area contributed by atoms with Crippen LogP contribution in [0.5, 0.6) is 0 Å². The first-order valence-electron chi connectivity index (χ1n) is 12.1. The Labute approximate surface area is 211 Å². The Bertz CT molecular complexity index is 1440. The van der Waals surface area contributed by atoms with E-state index in [1.165, 1.54) is 23.0 Å². The second kappa shape index (κ2) is 9.13. The standard InChI is InChI=1S/C26H28F3N5O3/c1-13(17-6-5-7-18(21(17)27)22(28)29)32-23-19-9-20(25(36)33(3)24(19)31-12-30-23)26(37-4)10-16-8-15(26)11-34(16)14(2)35/h5-7,9,12-13,15-16,22H,8,10-11H2,1-4H3,(H,30,31,32)/t13-,15+,16+,26?/m1/s1. The van der Waals surface area contributed by atoms with Gasteiger partial charge in [-0.3, -0.25) is 14.2 Å². The van der Waals surface area contributed by atoms with Crippen LogP contribution < -0.4 is 10.9 Å². The van der Waals surface area contributed by atoms with Crippen LogP contribution in [0, 0.1) is 11.7 Å². The molecule has 1 saturated heterocycles. The number of methoxy groups -OCH3 is 1. The Balaban J connectivity index is 1.58. The zero-order valence-electron chi connectivity index (χ0n) is 21.0. The van der Waals surface area contributed by atoms with Crippen LogP contribution in [0.15, 0.2) is 35.4 Å². The smallest absolute Gasteiger partial charge is 0.266 e. The third-order valence-electron chi connectivity index (χ3n) is 7.96. The summed E-state index contributed by atoms with van der Waals surface area (Å²) < 4.78 is 48.7. The summed E-state index contributed by atoms with van der Waals surface area (Å²) in [6.45, 7) is 3.69. The number of amides is 1. The lowest BCUT2D eigenvalue weighted by Gasteiger charge is -2.40. The lowest BCUT2D eigenvalue weighted by molar-refractivity contribution is -0.135. The summed E-state index contributed by atoms with van der Waals surface area (Å²) >= 11 is 0. The second-order valence-electron chi connectivity index (χ2n) is 9.85. The fourth-order valence-corrected chi connectivity index (χ4v) is 6.08. The highest BCUT2D eigenvalue weighted by Crippen LogP contribution is 2.52. The fraction of sp³-hybridized carbons (Fsp3) is 0.462. The highest BCUT2D eigenvalue weighted by molar-refractivity contribution is 5.87. The van der Waals surface area contributed by atoms with Crippen LogP contribution in [0.25, 0.3) is 11.0 Å². The van der Waals surface area contributed by atoms with Gasteiger partial charge in [0, 0.05) is 51.6 Å². The number of halogens is 3. The number of ether oxygens (including phenoxy) is 1. The van der Waals surface area contributed by atoms with Crippen molar-refractivity contribution in [3.05, 3.63) is 63.5 Å². The highest BCUT2D eigenvalue weighted by Gasteiger charge is 2.57. The van der Waals surface area contributed by atoms with Crippen molar-refractivity contribution in [1.82, 2.24) is 19.4 Å². The molecule has 1 aliphatic heterocycles. The van der Waals surface area contributed by atoms with Gasteiger partial charge in [0.05, 0.1) is 22.6 Å². The molecular formula is C26H28F3N5O3. The number of fused-ring (bicyclic) bond motifs is 3. The van der Waals surface area contributed by atoms with E-state index < -0.39 is 29.4 Å². The normalized spacial score (nSPS) is 23.7. The maximum Gasteiger partial charge on any atom is 0.266 e. The molecular weight excluding hydrogens is 487 g/mol. The predicted octanol–water partition coefficient (Wildman–Crippen LogP) is 4.06. The minimum absolute atomic E-state index is 0.000587. The number of hydrogen-bond donors (Lipinski definition) is 1. The number of alkyl halides is 2. The molecule has 3 aromatic rings. The summed E-state index contributed by atoms with van der Waals surface area (Å²) in [6.07, 6.45) is -0.416. The van der Waals surface area contributed by atoms with E-state index in [2.05, 4.69) is 15.3 Å². The fourth-order valence-electron chi connectivity index (χ4n) is 6.08. The van der Waals surface area contributed by atoms with Gasteiger partial charge in [-0.25, -0.2) is 23.1 Å². The number of anilines is 1. The largest absolute Gasteiger partial charge is 0.373 e. The van der Waals surface area contributed by atoms with Crippen molar-refractivity contribution in [2.45, 2.75) is 50.8 Å². The van der Waals surface area contributed by atoms with Crippen LogP contribution in [0.1, 0.15) is 55.8 Å². The van der Waals surface area contributed by atoms with Crippen molar-refractivity contribution in [3.63, 3.8) is 0 Å². The van der Waals surface area contributed by atoms with Crippen molar-refractivity contribution in [2.75, 3.05) is 19.0 Å². The van der Waals surface area contributed by atoms with Gasteiger partial charge in [0.25, 0.3) is 12.0 Å².